The zero-order valence-electron chi connectivity index (χ0n) is 20.2. The van der Waals surface area contributed by atoms with Crippen LogP contribution in [0.15, 0.2) is 36.4 Å². The van der Waals surface area contributed by atoms with Gasteiger partial charge < -0.3 is 25.6 Å². The lowest BCUT2D eigenvalue weighted by Crippen LogP contribution is -2.40. The van der Waals surface area contributed by atoms with Crippen LogP contribution in [0.2, 0.25) is 0 Å². The number of pyridine rings is 1. The summed E-state index contributed by atoms with van der Waals surface area (Å²) >= 11 is 0. The maximum absolute atomic E-state index is 12.9. The minimum atomic E-state index is -1.14. The Hall–Kier alpha value is -3.81. The van der Waals surface area contributed by atoms with E-state index in [9.17, 15) is 14.7 Å². The number of rotatable bonds is 9. The lowest BCUT2D eigenvalue weighted by atomic mass is 9.93. The van der Waals surface area contributed by atoms with Gasteiger partial charge in [-0.15, -0.1) is 0 Å². The van der Waals surface area contributed by atoms with Crippen molar-refractivity contribution in [2.24, 2.45) is 5.41 Å². The molecule has 4 N–H and O–H groups in total. The molecule has 0 aliphatic carbocycles. The average Bonchev–Trinajstić information content (AvgIpc) is 2.80. The van der Waals surface area contributed by atoms with Gasteiger partial charge in [0.15, 0.2) is 0 Å². The van der Waals surface area contributed by atoms with Gasteiger partial charge in [0, 0.05) is 6.54 Å². The highest BCUT2D eigenvalue weighted by Crippen LogP contribution is 2.37. The first-order chi connectivity index (χ1) is 16.1. The molecule has 0 aliphatic rings. The summed E-state index contributed by atoms with van der Waals surface area (Å²) in [5.74, 6) is -0.102. The Labute approximate surface area is 199 Å². The van der Waals surface area contributed by atoms with Crippen molar-refractivity contribution in [3.8, 4) is 11.5 Å². The fourth-order valence-electron chi connectivity index (χ4n) is 3.72. The number of aryl methyl sites for hydroxylation is 2. The SMILES string of the molecule is CCc1ccc2nc(C)c(C(=O)O)c(N)c2c1OCC(C)(C)C(=O)NCc1ccc(OC)cc1. The number of nitrogens with one attached hydrogen (secondary N) is 1. The van der Waals surface area contributed by atoms with Gasteiger partial charge in [-0.1, -0.05) is 25.1 Å². The standard InChI is InChI=1S/C26H31N3O5/c1-6-17-9-12-19-21(22(27)20(24(30)31)15(2)29-19)23(17)34-14-26(3,4)25(32)28-13-16-7-10-18(33-5)11-8-16/h7-12H,6,13-14H2,1-5H3,(H2,27,29)(H,28,32)(H,30,31). The number of carbonyl (C=O) groups excluding carboxylic acids is 1. The van der Waals surface area contributed by atoms with Crippen LogP contribution in [0.4, 0.5) is 5.69 Å². The van der Waals surface area contributed by atoms with Gasteiger partial charge in [0.1, 0.15) is 23.7 Å². The number of amides is 1. The number of carbonyl (C=O) groups is 2. The number of anilines is 1. The summed E-state index contributed by atoms with van der Waals surface area (Å²) in [5.41, 5.74) is 8.20. The number of aromatic carboxylic acids is 1. The maximum Gasteiger partial charge on any atom is 0.339 e. The summed E-state index contributed by atoms with van der Waals surface area (Å²) in [6.45, 7) is 7.62. The topological polar surface area (TPSA) is 124 Å². The highest BCUT2D eigenvalue weighted by atomic mass is 16.5. The normalized spacial score (nSPS) is 11.3. The third-order valence-electron chi connectivity index (χ3n) is 5.80. The van der Waals surface area contributed by atoms with Crippen molar-refractivity contribution >= 4 is 28.5 Å². The molecule has 8 heteroatoms. The molecule has 1 amide bonds. The van der Waals surface area contributed by atoms with Gasteiger partial charge in [-0.2, -0.15) is 0 Å². The monoisotopic (exact) mass is 465 g/mol. The number of hydrogen-bond donors (Lipinski definition) is 3. The van der Waals surface area contributed by atoms with E-state index in [1.54, 1.807) is 27.9 Å². The Balaban J connectivity index is 1.84. The number of fused-ring (bicyclic) bond motifs is 1. The molecule has 0 fully saturated rings. The van der Waals surface area contributed by atoms with E-state index < -0.39 is 11.4 Å². The second-order valence-electron chi connectivity index (χ2n) is 8.80. The number of carboxylic acids is 1. The number of hydrogen-bond acceptors (Lipinski definition) is 6. The van der Waals surface area contributed by atoms with E-state index in [-0.39, 0.29) is 23.8 Å². The number of methoxy groups -OCH3 is 1. The van der Waals surface area contributed by atoms with Gasteiger partial charge in [-0.3, -0.25) is 9.78 Å². The molecule has 0 unspecified atom stereocenters. The minimum Gasteiger partial charge on any atom is -0.497 e. The summed E-state index contributed by atoms with van der Waals surface area (Å²) in [4.78, 5) is 29.1. The molecule has 0 saturated heterocycles. The van der Waals surface area contributed by atoms with Gasteiger partial charge in [0.25, 0.3) is 0 Å². The molecule has 0 saturated carbocycles. The highest BCUT2D eigenvalue weighted by Gasteiger charge is 2.30. The summed E-state index contributed by atoms with van der Waals surface area (Å²) in [7, 11) is 1.60. The summed E-state index contributed by atoms with van der Waals surface area (Å²) in [6.07, 6.45) is 0.644. The van der Waals surface area contributed by atoms with Crippen LogP contribution in [-0.2, 0) is 17.8 Å². The zero-order valence-corrected chi connectivity index (χ0v) is 20.2. The Kier molecular flexibility index (Phi) is 7.29. The molecule has 2 aromatic carbocycles. The van der Waals surface area contributed by atoms with E-state index >= 15 is 0 Å². The maximum atomic E-state index is 12.9. The number of carboxylic acid groups (broad SMARTS) is 1. The number of ether oxygens (including phenoxy) is 2. The van der Waals surface area contributed by atoms with Crippen LogP contribution in [0.3, 0.4) is 0 Å². The van der Waals surface area contributed by atoms with Gasteiger partial charge in [-0.25, -0.2) is 4.79 Å². The smallest absolute Gasteiger partial charge is 0.339 e. The number of nitrogens with two attached hydrogens (primary N) is 1. The van der Waals surface area contributed by atoms with Crippen LogP contribution in [-0.4, -0.2) is 35.7 Å². The van der Waals surface area contributed by atoms with E-state index in [1.165, 1.54) is 0 Å². The number of nitrogen functional groups attached to an aromatic ring is 1. The first-order valence-electron chi connectivity index (χ1n) is 11.1. The van der Waals surface area contributed by atoms with Crippen molar-refractivity contribution in [2.45, 2.75) is 40.7 Å². The molecule has 0 bridgehead atoms. The van der Waals surface area contributed by atoms with Crippen molar-refractivity contribution in [3.05, 3.63) is 58.8 Å². The van der Waals surface area contributed by atoms with E-state index in [4.69, 9.17) is 15.2 Å². The van der Waals surface area contributed by atoms with Crippen molar-refractivity contribution in [1.29, 1.82) is 0 Å². The van der Waals surface area contributed by atoms with Crippen LogP contribution >= 0.6 is 0 Å². The van der Waals surface area contributed by atoms with E-state index in [0.717, 1.165) is 16.9 Å². The highest BCUT2D eigenvalue weighted by molar-refractivity contribution is 6.07. The van der Waals surface area contributed by atoms with E-state index in [1.807, 2.05) is 43.3 Å². The summed E-state index contributed by atoms with van der Waals surface area (Å²) in [5, 5.41) is 13.0. The first kappa shape index (κ1) is 24.8. The molecule has 3 aromatic rings. The number of benzene rings is 2. The lowest BCUT2D eigenvalue weighted by molar-refractivity contribution is -0.131. The molecule has 0 aliphatic heterocycles. The average molecular weight is 466 g/mol. The van der Waals surface area contributed by atoms with Crippen molar-refractivity contribution in [3.63, 3.8) is 0 Å². The van der Waals surface area contributed by atoms with Crippen LogP contribution in [0.25, 0.3) is 10.9 Å². The second-order valence-corrected chi connectivity index (χ2v) is 8.80. The van der Waals surface area contributed by atoms with Crippen molar-refractivity contribution in [1.82, 2.24) is 10.3 Å². The van der Waals surface area contributed by atoms with Gasteiger partial charge >= 0.3 is 5.97 Å². The number of nitrogens with zero attached hydrogens (tertiary/aromatic N) is 1. The van der Waals surface area contributed by atoms with E-state index in [2.05, 4.69) is 10.3 Å². The van der Waals surface area contributed by atoms with Crippen LogP contribution in [0.1, 0.15) is 48.0 Å². The lowest BCUT2D eigenvalue weighted by Gasteiger charge is -2.25. The molecular weight excluding hydrogens is 434 g/mol. The van der Waals surface area contributed by atoms with Crippen molar-refractivity contribution in [2.75, 3.05) is 19.5 Å². The fraction of sp³-hybridized carbons (Fsp3) is 0.346. The van der Waals surface area contributed by atoms with Crippen LogP contribution in [0.5, 0.6) is 11.5 Å². The Bertz CT molecular complexity index is 1220. The van der Waals surface area contributed by atoms with Crippen LogP contribution < -0.4 is 20.5 Å². The third kappa shape index (κ3) is 5.06. The largest absolute Gasteiger partial charge is 0.497 e. The molecule has 0 spiro atoms. The fourth-order valence-corrected chi connectivity index (χ4v) is 3.72. The molecule has 8 nitrogen and oxygen atoms in total. The third-order valence-corrected chi connectivity index (χ3v) is 5.80. The quantitative estimate of drug-likeness (QED) is 0.434. The molecule has 1 aromatic heterocycles. The van der Waals surface area contributed by atoms with Crippen LogP contribution in [0, 0.1) is 12.3 Å². The summed E-state index contributed by atoms with van der Waals surface area (Å²) < 4.78 is 11.3. The van der Waals surface area contributed by atoms with Gasteiger partial charge in [0.05, 0.1) is 34.8 Å². The molecule has 0 atom stereocenters. The van der Waals surface area contributed by atoms with Gasteiger partial charge in [-0.05, 0) is 56.5 Å². The first-order valence-corrected chi connectivity index (χ1v) is 11.1. The molecule has 0 radical (unpaired) electrons. The van der Waals surface area contributed by atoms with Gasteiger partial charge in [0.2, 0.25) is 5.91 Å². The summed E-state index contributed by atoms with van der Waals surface area (Å²) in [6, 6.07) is 11.2. The minimum absolute atomic E-state index is 0.0397. The second kappa shape index (κ2) is 9.99. The molecular formula is C26H31N3O5. The predicted octanol–water partition coefficient (Wildman–Crippen LogP) is 4.12. The Morgan fingerprint density at radius 1 is 1.15 bits per heavy atom. The van der Waals surface area contributed by atoms with Crippen molar-refractivity contribution < 1.29 is 24.2 Å². The Morgan fingerprint density at radius 2 is 1.82 bits per heavy atom. The molecule has 180 valence electrons. The predicted molar refractivity (Wildman–Crippen MR) is 131 cm³/mol. The molecule has 34 heavy (non-hydrogen) atoms. The molecule has 3 rings (SSSR count). The van der Waals surface area contributed by atoms with E-state index in [0.29, 0.717) is 35.3 Å². The zero-order chi connectivity index (χ0) is 25.0. The number of aromatic nitrogens is 1. The molecule has 1 heterocycles. The Morgan fingerprint density at radius 3 is 2.41 bits per heavy atom.